The number of amides is 1. The Hall–Kier alpha value is -1.62. The number of aromatic nitrogens is 1. The molecule has 6 heteroatoms. The molecule has 0 bridgehead atoms. The summed E-state index contributed by atoms with van der Waals surface area (Å²) in [6, 6.07) is 3.36. The van der Waals surface area contributed by atoms with Crippen LogP contribution in [0.2, 0.25) is 5.15 Å². The van der Waals surface area contributed by atoms with Gasteiger partial charge in [0.05, 0.1) is 12.2 Å². The highest BCUT2D eigenvalue weighted by atomic mass is 35.5. The summed E-state index contributed by atoms with van der Waals surface area (Å²) in [5, 5.41) is 0.155. The van der Waals surface area contributed by atoms with E-state index < -0.39 is 5.97 Å². The molecule has 0 atom stereocenters. The number of pyridine rings is 1. The fourth-order valence-corrected chi connectivity index (χ4v) is 2.00. The molecule has 1 aromatic heterocycles. The van der Waals surface area contributed by atoms with Crippen LogP contribution in [0.3, 0.4) is 0 Å². The Morgan fingerprint density at radius 3 is 2.84 bits per heavy atom. The van der Waals surface area contributed by atoms with E-state index in [9.17, 15) is 9.59 Å². The Morgan fingerprint density at radius 1 is 1.53 bits per heavy atom. The summed E-state index contributed by atoms with van der Waals surface area (Å²) >= 11 is 5.91. The van der Waals surface area contributed by atoms with E-state index in [1.165, 1.54) is 11.1 Å². The van der Waals surface area contributed by atoms with Gasteiger partial charge in [0.25, 0.3) is 5.91 Å². The number of rotatable bonds is 5. The summed E-state index contributed by atoms with van der Waals surface area (Å²) in [4.78, 5) is 29.3. The Morgan fingerprint density at radius 2 is 2.26 bits per heavy atom. The lowest BCUT2D eigenvalue weighted by atomic mass is 10.2. The molecule has 1 heterocycles. The van der Waals surface area contributed by atoms with Crippen LogP contribution in [0.1, 0.15) is 30.1 Å². The maximum absolute atomic E-state index is 12.4. The molecular formula is C13H15ClN2O3. The minimum Gasteiger partial charge on any atom is -0.465 e. The van der Waals surface area contributed by atoms with Gasteiger partial charge in [0.2, 0.25) is 0 Å². The summed E-state index contributed by atoms with van der Waals surface area (Å²) in [5.74, 6) is -0.670. The van der Waals surface area contributed by atoms with Crippen LogP contribution < -0.4 is 0 Å². The third-order valence-corrected chi connectivity index (χ3v) is 3.14. The lowest BCUT2D eigenvalue weighted by molar-refractivity contribution is -0.144. The molecule has 0 N–H and O–H groups in total. The maximum atomic E-state index is 12.4. The van der Waals surface area contributed by atoms with Gasteiger partial charge in [-0.05, 0) is 31.9 Å². The molecule has 0 radical (unpaired) electrons. The Bertz CT molecular complexity index is 489. The number of halogens is 1. The normalized spacial score (nSPS) is 14.0. The van der Waals surface area contributed by atoms with Crippen molar-refractivity contribution in [2.45, 2.75) is 25.8 Å². The van der Waals surface area contributed by atoms with E-state index in [0.717, 1.165) is 12.8 Å². The van der Waals surface area contributed by atoms with Crippen molar-refractivity contribution in [3.05, 3.63) is 29.0 Å². The number of hydrogen-bond acceptors (Lipinski definition) is 4. The second-order valence-corrected chi connectivity index (χ2v) is 4.67. The van der Waals surface area contributed by atoms with Crippen molar-refractivity contribution >= 4 is 23.5 Å². The van der Waals surface area contributed by atoms with Gasteiger partial charge in [-0.2, -0.15) is 0 Å². The zero-order valence-corrected chi connectivity index (χ0v) is 11.4. The van der Waals surface area contributed by atoms with Gasteiger partial charge in [-0.15, -0.1) is 0 Å². The summed E-state index contributed by atoms with van der Waals surface area (Å²) in [5.41, 5.74) is 0.320. The second kappa shape index (κ2) is 6.02. The van der Waals surface area contributed by atoms with Crippen LogP contribution in [-0.2, 0) is 9.53 Å². The molecule has 1 aliphatic rings. The van der Waals surface area contributed by atoms with Crippen molar-refractivity contribution in [1.82, 2.24) is 9.88 Å². The SMILES string of the molecule is CCOC(=O)CN(C(=O)c1cccnc1Cl)C1CC1. The average molecular weight is 283 g/mol. The van der Waals surface area contributed by atoms with Gasteiger partial charge in [-0.3, -0.25) is 9.59 Å². The molecule has 0 spiro atoms. The van der Waals surface area contributed by atoms with Crippen molar-refractivity contribution in [2.24, 2.45) is 0 Å². The van der Waals surface area contributed by atoms with E-state index in [-0.39, 0.29) is 23.6 Å². The second-order valence-electron chi connectivity index (χ2n) is 4.31. The van der Waals surface area contributed by atoms with Crippen LogP contribution in [-0.4, -0.2) is 41.0 Å². The molecule has 102 valence electrons. The van der Waals surface area contributed by atoms with Crippen LogP contribution in [0.5, 0.6) is 0 Å². The zero-order valence-electron chi connectivity index (χ0n) is 10.6. The van der Waals surface area contributed by atoms with Crippen molar-refractivity contribution in [2.75, 3.05) is 13.2 Å². The summed E-state index contributed by atoms with van der Waals surface area (Å²) in [6.45, 7) is 2.00. The molecule has 0 aliphatic heterocycles. The van der Waals surface area contributed by atoms with Crippen molar-refractivity contribution in [1.29, 1.82) is 0 Å². The van der Waals surface area contributed by atoms with E-state index in [1.807, 2.05) is 0 Å². The smallest absolute Gasteiger partial charge is 0.325 e. The fraction of sp³-hybridized carbons (Fsp3) is 0.462. The first kappa shape index (κ1) is 13.8. The molecular weight excluding hydrogens is 268 g/mol. The van der Waals surface area contributed by atoms with Crippen LogP contribution in [0.25, 0.3) is 0 Å². The first-order chi connectivity index (χ1) is 9.13. The predicted molar refractivity (Wildman–Crippen MR) is 69.9 cm³/mol. The van der Waals surface area contributed by atoms with Crippen molar-refractivity contribution < 1.29 is 14.3 Å². The van der Waals surface area contributed by atoms with E-state index in [2.05, 4.69) is 4.98 Å². The summed E-state index contributed by atoms with van der Waals surface area (Å²) in [6.07, 6.45) is 3.33. The molecule has 1 aromatic rings. The molecule has 5 nitrogen and oxygen atoms in total. The van der Waals surface area contributed by atoms with Gasteiger partial charge in [0.1, 0.15) is 11.7 Å². The molecule has 2 rings (SSSR count). The highest BCUT2D eigenvalue weighted by Gasteiger charge is 2.35. The van der Waals surface area contributed by atoms with E-state index >= 15 is 0 Å². The minimum atomic E-state index is -0.400. The molecule has 19 heavy (non-hydrogen) atoms. The van der Waals surface area contributed by atoms with Gasteiger partial charge in [0.15, 0.2) is 0 Å². The number of carbonyl (C=O) groups is 2. The Kier molecular flexibility index (Phi) is 4.37. The van der Waals surface area contributed by atoms with Gasteiger partial charge < -0.3 is 9.64 Å². The van der Waals surface area contributed by atoms with Gasteiger partial charge in [0, 0.05) is 12.2 Å². The third-order valence-electron chi connectivity index (χ3n) is 2.84. The standard InChI is InChI=1S/C13H15ClN2O3/c1-2-19-11(17)8-16(9-5-6-9)13(18)10-4-3-7-15-12(10)14/h3-4,7,9H,2,5-6,8H2,1H3. The summed E-state index contributed by atoms with van der Waals surface area (Å²) in [7, 11) is 0. The number of hydrogen-bond donors (Lipinski definition) is 0. The quantitative estimate of drug-likeness (QED) is 0.611. The largest absolute Gasteiger partial charge is 0.465 e. The van der Waals surface area contributed by atoms with Crippen molar-refractivity contribution in [3.8, 4) is 0 Å². The highest BCUT2D eigenvalue weighted by molar-refractivity contribution is 6.32. The first-order valence-corrected chi connectivity index (χ1v) is 6.58. The van der Waals surface area contributed by atoms with Crippen LogP contribution >= 0.6 is 11.6 Å². The first-order valence-electron chi connectivity index (χ1n) is 6.20. The van der Waals surface area contributed by atoms with Crippen molar-refractivity contribution in [3.63, 3.8) is 0 Å². The summed E-state index contributed by atoms with van der Waals surface area (Å²) < 4.78 is 4.89. The number of ether oxygens (including phenoxy) is 1. The monoisotopic (exact) mass is 282 g/mol. The lowest BCUT2D eigenvalue weighted by Crippen LogP contribution is -2.38. The van der Waals surface area contributed by atoms with Crippen LogP contribution in [0, 0.1) is 0 Å². The van der Waals surface area contributed by atoms with Crippen LogP contribution in [0.15, 0.2) is 18.3 Å². The zero-order chi connectivity index (χ0) is 13.8. The third kappa shape index (κ3) is 3.44. The van der Waals surface area contributed by atoms with Crippen LogP contribution in [0.4, 0.5) is 0 Å². The van der Waals surface area contributed by atoms with E-state index in [4.69, 9.17) is 16.3 Å². The Balaban J connectivity index is 2.13. The van der Waals surface area contributed by atoms with Gasteiger partial charge in [-0.25, -0.2) is 4.98 Å². The molecule has 1 amide bonds. The van der Waals surface area contributed by atoms with Gasteiger partial charge in [-0.1, -0.05) is 11.6 Å². The molecule has 1 fully saturated rings. The van der Waals surface area contributed by atoms with Gasteiger partial charge >= 0.3 is 5.97 Å². The highest BCUT2D eigenvalue weighted by Crippen LogP contribution is 2.29. The Labute approximate surface area is 116 Å². The minimum absolute atomic E-state index is 0.0391. The number of nitrogens with zero attached hydrogens (tertiary/aromatic N) is 2. The average Bonchev–Trinajstić information content (AvgIpc) is 3.20. The molecule has 1 saturated carbocycles. The number of carbonyl (C=O) groups excluding carboxylic acids is 2. The van der Waals surface area contributed by atoms with E-state index in [0.29, 0.717) is 12.2 Å². The molecule has 0 saturated heterocycles. The maximum Gasteiger partial charge on any atom is 0.325 e. The predicted octanol–water partition coefficient (Wildman–Crippen LogP) is 1.90. The van der Waals surface area contributed by atoms with E-state index in [1.54, 1.807) is 19.1 Å². The molecule has 0 unspecified atom stereocenters. The number of esters is 1. The topological polar surface area (TPSA) is 59.5 Å². The lowest BCUT2D eigenvalue weighted by Gasteiger charge is -2.21. The molecule has 0 aromatic carbocycles. The fourth-order valence-electron chi connectivity index (χ4n) is 1.80. The molecule has 1 aliphatic carbocycles.